The van der Waals surface area contributed by atoms with E-state index < -0.39 is 36.7 Å². The lowest BCUT2D eigenvalue weighted by Gasteiger charge is -2.44. The first kappa shape index (κ1) is 41.4. The van der Waals surface area contributed by atoms with Crippen LogP contribution in [0.15, 0.2) is 23.8 Å². The molecule has 12 heteroatoms. The largest absolute Gasteiger partial charge is 0.462 e. The van der Waals surface area contributed by atoms with Crippen molar-refractivity contribution in [3.8, 4) is 0 Å². The predicted molar refractivity (Wildman–Crippen MR) is 199 cm³/mol. The SMILES string of the molecule is CC[C@@H]1CCC[C@H](O[C@H]2CC[C@H](N(C)C)[C@@H](C)O2)[C@H](C)C(=O)C2=C[C@@H]3[C@@H](C=C[C@@H]4C[C@@H](O[C@@H]5O[C@@H](C)[C@H](OC(C)=O)[C@@H](OC)[C@H]5OC)C[C@@H]34)[C@@H]2CC(=O)O1. The zero-order valence-corrected chi connectivity index (χ0v) is 33.8. The van der Waals surface area contributed by atoms with Crippen LogP contribution < -0.4 is 0 Å². The number of rotatable bonds is 9. The van der Waals surface area contributed by atoms with Gasteiger partial charge in [0.05, 0.1) is 30.8 Å². The molecule has 3 aliphatic carbocycles. The van der Waals surface area contributed by atoms with Gasteiger partial charge in [-0.3, -0.25) is 14.4 Å². The number of hydrogen-bond acceptors (Lipinski definition) is 12. The number of nitrogens with zero attached hydrogens (tertiary/aromatic N) is 1. The Hall–Kier alpha value is -2.19. The second-order valence-electron chi connectivity index (χ2n) is 16.9. The lowest BCUT2D eigenvalue weighted by molar-refractivity contribution is -0.313. The van der Waals surface area contributed by atoms with E-state index in [0.717, 1.165) is 50.5 Å². The van der Waals surface area contributed by atoms with E-state index in [1.165, 1.54) is 6.92 Å². The van der Waals surface area contributed by atoms with Gasteiger partial charge in [0.25, 0.3) is 0 Å². The van der Waals surface area contributed by atoms with Crippen molar-refractivity contribution in [1.29, 1.82) is 0 Å². The minimum Gasteiger partial charge on any atom is -0.462 e. The van der Waals surface area contributed by atoms with Crippen molar-refractivity contribution in [2.24, 2.45) is 35.5 Å². The van der Waals surface area contributed by atoms with Crippen molar-refractivity contribution in [2.45, 2.75) is 160 Å². The molecule has 1 saturated carbocycles. The predicted octanol–water partition coefficient (Wildman–Crippen LogP) is 5.40. The van der Waals surface area contributed by atoms with Crippen molar-refractivity contribution in [2.75, 3.05) is 28.3 Å². The molecule has 4 fully saturated rings. The zero-order valence-electron chi connectivity index (χ0n) is 33.8. The number of carbonyl (C=O) groups excluding carboxylic acids is 3. The fourth-order valence-electron chi connectivity index (χ4n) is 10.4. The van der Waals surface area contributed by atoms with Gasteiger partial charge < -0.3 is 42.8 Å². The maximum Gasteiger partial charge on any atom is 0.306 e. The van der Waals surface area contributed by atoms with Gasteiger partial charge in [-0.2, -0.15) is 0 Å². The molecule has 304 valence electrons. The zero-order chi connectivity index (χ0) is 38.8. The Bertz CT molecular complexity index is 1380. The molecule has 0 radical (unpaired) electrons. The smallest absolute Gasteiger partial charge is 0.306 e. The molecule has 3 heterocycles. The molecule has 3 saturated heterocycles. The Labute approximate surface area is 321 Å². The highest BCUT2D eigenvalue weighted by Gasteiger charge is 2.53. The van der Waals surface area contributed by atoms with E-state index in [1.54, 1.807) is 14.2 Å². The number of esters is 2. The Kier molecular flexibility index (Phi) is 13.8. The molecule has 17 atom stereocenters. The van der Waals surface area contributed by atoms with Crippen LogP contribution in [0.3, 0.4) is 0 Å². The van der Waals surface area contributed by atoms with E-state index in [1.807, 2.05) is 13.8 Å². The van der Waals surface area contributed by atoms with Gasteiger partial charge >= 0.3 is 11.9 Å². The number of allylic oxidation sites excluding steroid dienone is 4. The second-order valence-corrected chi connectivity index (χ2v) is 16.9. The molecule has 6 aliphatic rings. The third-order valence-corrected chi connectivity index (χ3v) is 13.3. The molecule has 0 aromatic rings. The van der Waals surface area contributed by atoms with Crippen LogP contribution in [0.1, 0.15) is 92.4 Å². The van der Waals surface area contributed by atoms with Crippen molar-refractivity contribution in [3.63, 3.8) is 0 Å². The normalized spacial score (nSPS) is 44.3. The summed E-state index contributed by atoms with van der Waals surface area (Å²) in [6.45, 7) is 9.37. The van der Waals surface area contributed by atoms with Crippen molar-refractivity contribution < 1.29 is 52.3 Å². The van der Waals surface area contributed by atoms with Crippen LogP contribution in [0.4, 0.5) is 0 Å². The summed E-state index contributed by atoms with van der Waals surface area (Å²) in [7, 11) is 7.31. The molecule has 54 heavy (non-hydrogen) atoms. The van der Waals surface area contributed by atoms with Crippen LogP contribution in [0.5, 0.6) is 0 Å². The van der Waals surface area contributed by atoms with Crippen LogP contribution in [0.25, 0.3) is 0 Å². The molecular weight excluding hydrogens is 694 g/mol. The second kappa shape index (κ2) is 17.9. The molecule has 0 unspecified atom stereocenters. The summed E-state index contributed by atoms with van der Waals surface area (Å²) in [5.41, 5.74) is 0.736. The lowest BCUT2D eigenvalue weighted by Crippen LogP contribution is -2.60. The van der Waals surface area contributed by atoms with Gasteiger partial charge in [0, 0.05) is 39.0 Å². The maximum atomic E-state index is 14.7. The van der Waals surface area contributed by atoms with E-state index in [2.05, 4.69) is 51.1 Å². The number of Topliss-reactive ketones (excluding diaryl/α,β-unsaturated/α-hetero) is 1. The van der Waals surface area contributed by atoms with Gasteiger partial charge in [0.15, 0.2) is 24.5 Å². The van der Waals surface area contributed by atoms with E-state index in [4.69, 9.17) is 37.9 Å². The minimum absolute atomic E-state index is 0.0108. The van der Waals surface area contributed by atoms with Gasteiger partial charge in [0.2, 0.25) is 0 Å². The summed E-state index contributed by atoms with van der Waals surface area (Å²) >= 11 is 0. The molecule has 0 amide bonds. The highest BCUT2D eigenvalue weighted by atomic mass is 16.7. The standard InChI is InChI=1S/C42H65NO11/c1-10-27-12-11-13-35(54-37-17-16-34(43(6)7)23(3)49-37)22(2)38(46)33-20-31-29(32(33)21-36(45)52-27)15-14-26-18-28(19-30(26)31)53-42-41(48-9)40(47-8)39(24(4)50-42)51-25(5)44/h14-15,20,22-24,26-32,34-35,37,39-42H,10-13,16-19,21H2,1-9H3/t22-,23+,24-,26+,27+,28+,29+,30+,31+,32-,34-,35-,37-,39-,40+,41+,42-/m0/s1. The maximum absolute atomic E-state index is 14.7. The quantitative estimate of drug-likeness (QED) is 0.221. The number of ketones is 1. The van der Waals surface area contributed by atoms with Gasteiger partial charge in [-0.25, -0.2) is 0 Å². The minimum atomic E-state index is -0.714. The third kappa shape index (κ3) is 8.85. The molecule has 0 spiro atoms. The first-order valence-corrected chi connectivity index (χ1v) is 20.5. The number of cyclic esters (lactones) is 1. The molecule has 0 bridgehead atoms. The molecule has 0 N–H and O–H groups in total. The molecule has 0 aromatic carbocycles. The molecule has 12 nitrogen and oxygen atoms in total. The van der Waals surface area contributed by atoms with Gasteiger partial charge in [0.1, 0.15) is 18.3 Å². The molecule has 0 aromatic heterocycles. The van der Waals surface area contributed by atoms with Crippen molar-refractivity contribution in [1.82, 2.24) is 4.90 Å². The average molecular weight is 760 g/mol. The van der Waals surface area contributed by atoms with Crippen LogP contribution in [0.2, 0.25) is 0 Å². The number of fused-ring (bicyclic) bond motifs is 5. The Balaban J connectivity index is 1.20. The van der Waals surface area contributed by atoms with E-state index in [0.29, 0.717) is 12.5 Å². The summed E-state index contributed by atoms with van der Waals surface area (Å²) in [5.74, 6) is -0.666. The van der Waals surface area contributed by atoms with Gasteiger partial charge in [-0.05, 0) is 109 Å². The Morgan fingerprint density at radius 2 is 1.65 bits per heavy atom. The topological polar surface area (TPSA) is 128 Å². The highest BCUT2D eigenvalue weighted by Crippen LogP contribution is 2.54. The fourth-order valence-corrected chi connectivity index (χ4v) is 10.4. The number of hydrogen-bond donors (Lipinski definition) is 0. The van der Waals surface area contributed by atoms with E-state index in [-0.39, 0.29) is 84.4 Å². The first-order chi connectivity index (χ1) is 25.8. The highest BCUT2D eigenvalue weighted by molar-refractivity contribution is 5.99. The lowest BCUT2D eigenvalue weighted by atomic mass is 9.70. The van der Waals surface area contributed by atoms with Crippen molar-refractivity contribution >= 4 is 17.7 Å². The van der Waals surface area contributed by atoms with Crippen molar-refractivity contribution in [3.05, 3.63) is 23.8 Å². The molecular formula is C42H65NO11. The first-order valence-electron chi connectivity index (χ1n) is 20.5. The van der Waals surface area contributed by atoms with Crippen LogP contribution in [-0.2, 0) is 52.3 Å². The van der Waals surface area contributed by atoms with E-state index >= 15 is 0 Å². The number of likely N-dealkylation sites (N-methyl/N-ethyl adjacent to an activating group) is 1. The number of methoxy groups -OCH3 is 2. The summed E-state index contributed by atoms with van der Waals surface area (Å²) in [5, 5.41) is 0. The fraction of sp³-hybridized carbons (Fsp3) is 0.833. The number of carbonyl (C=O) groups is 3. The summed E-state index contributed by atoms with van der Waals surface area (Å²) in [4.78, 5) is 42.2. The van der Waals surface area contributed by atoms with Crippen LogP contribution in [-0.4, -0.2) is 118 Å². The summed E-state index contributed by atoms with van der Waals surface area (Å²) < 4.78 is 49.3. The summed E-state index contributed by atoms with van der Waals surface area (Å²) in [6.07, 6.45) is 9.25. The van der Waals surface area contributed by atoms with Gasteiger partial charge in [-0.15, -0.1) is 0 Å². The molecule has 3 aliphatic heterocycles. The van der Waals surface area contributed by atoms with Crippen LogP contribution >= 0.6 is 0 Å². The Morgan fingerprint density at radius 1 is 0.889 bits per heavy atom. The summed E-state index contributed by atoms with van der Waals surface area (Å²) in [6, 6.07) is 0.326. The van der Waals surface area contributed by atoms with E-state index in [9.17, 15) is 14.4 Å². The van der Waals surface area contributed by atoms with Gasteiger partial charge in [-0.1, -0.05) is 32.1 Å². The Morgan fingerprint density at radius 3 is 2.31 bits per heavy atom. The number of ether oxygens (including phenoxy) is 8. The van der Waals surface area contributed by atoms with Crippen LogP contribution in [0, 0.1) is 35.5 Å². The average Bonchev–Trinajstić information content (AvgIpc) is 3.71. The third-order valence-electron chi connectivity index (χ3n) is 13.3. The monoisotopic (exact) mass is 759 g/mol. The molecule has 6 rings (SSSR count).